The highest BCUT2D eigenvalue weighted by Crippen LogP contribution is 2.25. The molecule has 1 aliphatic rings. The zero-order chi connectivity index (χ0) is 17.7. The van der Waals surface area contributed by atoms with E-state index in [-0.39, 0.29) is 12.5 Å². The number of hydrogen-bond acceptors (Lipinski definition) is 5. The van der Waals surface area contributed by atoms with Crippen molar-refractivity contribution >= 4 is 11.7 Å². The molecule has 1 saturated heterocycles. The van der Waals surface area contributed by atoms with Gasteiger partial charge in [-0.1, -0.05) is 19.9 Å². The van der Waals surface area contributed by atoms with Crippen LogP contribution in [0, 0.1) is 18.3 Å². The Hall–Kier alpha value is -2.49. The van der Waals surface area contributed by atoms with E-state index in [1.165, 1.54) is 11.2 Å². The first-order valence-corrected chi connectivity index (χ1v) is 8.07. The maximum atomic E-state index is 13.2. The van der Waals surface area contributed by atoms with Crippen molar-refractivity contribution < 1.29 is 9.18 Å². The molecule has 1 fully saturated rings. The number of aromatic nitrogens is 2. The van der Waals surface area contributed by atoms with Gasteiger partial charge in [0.1, 0.15) is 12.1 Å². The van der Waals surface area contributed by atoms with Crippen molar-refractivity contribution in [3.63, 3.8) is 0 Å². The van der Waals surface area contributed by atoms with Crippen molar-refractivity contribution in [3.8, 4) is 6.07 Å². The lowest BCUT2D eigenvalue weighted by Crippen LogP contribution is -2.55. The minimum atomic E-state index is -0.990. The predicted molar refractivity (Wildman–Crippen MR) is 89.0 cm³/mol. The van der Waals surface area contributed by atoms with E-state index in [1.54, 1.807) is 0 Å². The molecule has 0 unspecified atom stereocenters. The topological polar surface area (TPSA) is 73.1 Å². The summed E-state index contributed by atoms with van der Waals surface area (Å²) >= 11 is 0. The second-order valence-corrected chi connectivity index (χ2v) is 5.88. The first-order chi connectivity index (χ1) is 11.5. The van der Waals surface area contributed by atoms with Gasteiger partial charge in [0.2, 0.25) is 0 Å². The van der Waals surface area contributed by atoms with E-state index < -0.39 is 11.7 Å². The molecule has 1 amide bonds. The number of carbonyl (C=O) groups excluding carboxylic acids is 1. The number of anilines is 1. The molecule has 0 aliphatic carbocycles. The van der Waals surface area contributed by atoms with E-state index in [4.69, 9.17) is 5.26 Å². The molecule has 7 heteroatoms. The fourth-order valence-electron chi connectivity index (χ4n) is 3.05. The molecule has 0 aromatic carbocycles. The van der Waals surface area contributed by atoms with E-state index in [0.29, 0.717) is 19.6 Å². The second kappa shape index (κ2) is 7.86. The normalized spacial score (nSPS) is 17.5. The van der Waals surface area contributed by atoms with Crippen molar-refractivity contribution in [2.24, 2.45) is 0 Å². The van der Waals surface area contributed by atoms with Crippen molar-refractivity contribution in [2.45, 2.75) is 39.2 Å². The molecule has 128 valence electrons. The monoisotopic (exact) mass is 331 g/mol. The highest BCUT2D eigenvalue weighted by Gasteiger charge is 2.33. The lowest BCUT2D eigenvalue weighted by atomic mass is 10.1. The van der Waals surface area contributed by atoms with Gasteiger partial charge < -0.3 is 9.80 Å². The van der Waals surface area contributed by atoms with Gasteiger partial charge in [0.15, 0.2) is 5.83 Å². The summed E-state index contributed by atoms with van der Waals surface area (Å²) < 4.78 is 13.2. The Balaban J connectivity index is 2.27. The van der Waals surface area contributed by atoms with Gasteiger partial charge in [-0.2, -0.15) is 5.26 Å². The number of amides is 1. The van der Waals surface area contributed by atoms with Crippen LogP contribution in [0.5, 0.6) is 0 Å². The van der Waals surface area contributed by atoms with Crippen LogP contribution in [0.2, 0.25) is 0 Å². The van der Waals surface area contributed by atoms with Gasteiger partial charge in [0.25, 0.3) is 5.91 Å². The van der Waals surface area contributed by atoms with E-state index in [1.807, 2.05) is 6.92 Å². The number of piperazine rings is 1. The Morgan fingerprint density at radius 2 is 2.25 bits per heavy atom. The zero-order valence-corrected chi connectivity index (χ0v) is 14.1. The predicted octanol–water partition coefficient (Wildman–Crippen LogP) is 2.15. The van der Waals surface area contributed by atoms with Crippen LogP contribution in [0.3, 0.4) is 0 Å². The summed E-state index contributed by atoms with van der Waals surface area (Å²) in [5.41, 5.74) is 2.03. The van der Waals surface area contributed by atoms with E-state index in [0.717, 1.165) is 29.9 Å². The van der Waals surface area contributed by atoms with Crippen LogP contribution in [0.15, 0.2) is 18.7 Å². The highest BCUT2D eigenvalue weighted by molar-refractivity contribution is 5.91. The van der Waals surface area contributed by atoms with Crippen molar-refractivity contribution in [1.29, 1.82) is 5.26 Å². The summed E-state index contributed by atoms with van der Waals surface area (Å²) in [4.78, 5) is 24.1. The Morgan fingerprint density at radius 1 is 1.50 bits per heavy atom. The third-order valence-electron chi connectivity index (χ3n) is 4.24. The molecule has 2 heterocycles. The molecule has 0 radical (unpaired) electrons. The molecule has 0 N–H and O–H groups in total. The minimum absolute atomic E-state index is 0.142. The van der Waals surface area contributed by atoms with Crippen LogP contribution in [0.4, 0.5) is 10.2 Å². The lowest BCUT2D eigenvalue weighted by molar-refractivity contribution is -0.131. The third-order valence-corrected chi connectivity index (χ3v) is 4.24. The first kappa shape index (κ1) is 17.9. The number of hydrogen-bond donors (Lipinski definition) is 0. The first-order valence-electron chi connectivity index (χ1n) is 8.07. The molecular formula is C17H22FN5O. The highest BCUT2D eigenvalue weighted by atomic mass is 19.1. The molecule has 1 aromatic rings. The molecule has 6 nitrogen and oxygen atoms in total. The Kier molecular flexibility index (Phi) is 5.85. The maximum Gasteiger partial charge on any atom is 0.282 e. The van der Waals surface area contributed by atoms with Crippen LogP contribution >= 0.6 is 0 Å². The Bertz CT molecular complexity index is 669. The molecule has 1 atom stereocenters. The molecular weight excluding hydrogens is 309 g/mol. The number of rotatable bonds is 5. The molecule has 24 heavy (non-hydrogen) atoms. The van der Waals surface area contributed by atoms with Crippen LogP contribution in [-0.2, 0) is 11.2 Å². The van der Waals surface area contributed by atoms with E-state index in [2.05, 4.69) is 34.4 Å². The van der Waals surface area contributed by atoms with Gasteiger partial charge in [0, 0.05) is 30.9 Å². The van der Waals surface area contributed by atoms with Gasteiger partial charge in [-0.15, -0.1) is 0 Å². The van der Waals surface area contributed by atoms with Crippen molar-refractivity contribution in [3.05, 3.63) is 30.0 Å². The summed E-state index contributed by atoms with van der Waals surface area (Å²) in [5, 5.41) is 9.05. The molecule has 0 saturated carbocycles. The number of carbonyl (C=O) groups is 1. The molecule has 1 aromatic heterocycles. The molecule has 1 aliphatic heterocycles. The fraction of sp³-hybridized carbons (Fsp3) is 0.529. The SMILES string of the molecule is C=C(F)C(=O)N1CCN(c2ncnc(C)c2CCC)C[C@@H]1CC#N. The maximum absolute atomic E-state index is 13.2. The summed E-state index contributed by atoms with van der Waals surface area (Å²) in [6.07, 6.45) is 3.51. The van der Waals surface area contributed by atoms with Crippen LogP contribution < -0.4 is 4.90 Å². The number of aryl methyl sites for hydroxylation is 1. The Labute approximate surface area is 141 Å². The van der Waals surface area contributed by atoms with Gasteiger partial charge in [0.05, 0.1) is 18.5 Å². The van der Waals surface area contributed by atoms with Crippen molar-refractivity contribution in [1.82, 2.24) is 14.9 Å². The summed E-state index contributed by atoms with van der Waals surface area (Å²) in [7, 11) is 0. The van der Waals surface area contributed by atoms with Crippen LogP contribution in [0.25, 0.3) is 0 Å². The number of halogens is 1. The smallest absolute Gasteiger partial charge is 0.282 e. The van der Waals surface area contributed by atoms with Crippen LogP contribution in [-0.4, -0.2) is 46.5 Å². The van der Waals surface area contributed by atoms with Gasteiger partial charge >= 0.3 is 0 Å². The summed E-state index contributed by atoms with van der Waals surface area (Å²) in [5.74, 6) is -0.878. The largest absolute Gasteiger partial charge is 0.352 e. The molecule has 0 bridgehead atoms. The van der Waals surface area contributed by atoms with Gasteiger partial charge in [-0.25, -0.2) is 14.4 Å². The van der Waals surface area contributed by atoms with Crippen LogP contribution in [0.1, 0.15) is 31.0 Å². The van der Waals surface area contributed by atoms with E-state index >= 15 is 0 Å². The molecule has 0 spiro atoms. The quantitative estimate of drug-likeness (QED) is 0.773. The lowest BCUT2D eigenvalue weighted by Gasteiger charge is -2.41. The fourth-order valence-corrected chi connectivity index (χ4v) is 3.05. The van der Waals surface area contributed by atoms with Gasteiger partial charge in [-0.3, -0.25) is 4.79 Å². The average molecular weight is 331 g/mol. The summed E-state index contributed by atoms with van der Waals surface area (Å²) in [6, 6.07) is 1.70. The number of nitrogens with zero attached hydrogens (tertiary/aromatic N) is 5. The zero-order valence-electron chi connectivity index (χ0n) is 14.1. The third kappa shape index (κ3) is 3.70. The molecule has 2 rings (SSSR count). The standard InChI is InChI=1S/C17H22FN5O/c1-4-5-15-13(3)20-11-21-16(15)22-8-9-23(17(24)12(2)18)14(10-22)6-7-19/h11,14H,2,4-6,8-10H2,1,3H3/t14-/m0/s1. The summed E-state index contributed by atoms with van der Waals surface area (Å²) in [6.45, 7) is 8.44. The Morgan fingerprint density at radius 3 is 2.88 bits per heavy atom. The average Bonchev–Trinajstić information content (AvgIpc) is 2.56. The van der Waals surface area contributed by atoms with Gasteiger partial charge in [-0.05, 0) is 13.3 Å². The van der Waals surface area contributed by atoms with Crippen molar-refractivity contribution in [2.75, 3.05) is 24.5 Å². The number of nitriles is 1. The van der Waals surface area contributed by atoms with E-state index in [9.17, 15) is 9.18 Å². The minimum Gasteiger partial charge on any atom is -0.352 e. The second-order valence-electron chi connectivity index (χ2n) is 5.88.